The highest BCUT2D eigenvalue weighted by molar-refractivity contribution is 5.80. The van der Waals surface area contributed by atoms with Crippen molar-refractivity contribution in [2.75, 3.05) is 13.2 Å². The van der Waals surface area contributed by atoms with Crippen LogP contribution in [-0.2, 0) is 13.2 Å². The molecule has 0 saturated heterocycles. The first kappa shape index (κ1) is 18.7. The normalized spacial score (nSPS) is 10.9. The van der Waals surface area contributed by atoms with E-state index in [1.165, 1.54) is 0 Å². The minimum atomic E-state index is 0.0339. The van der Waals surface area contributed by atoms with Gasteiger partial charge in [-0.05, 0) is 34.9 Å². The maximum Gasteiger partial charge on any atom is 0.162 e. The fourth-order valence-electron chi connectivity index (χ4n) is 2.54. The van der Waals surface area contributed by atoms with Crippen LogP contribution in [0.25, 0.3) is 0 Å². The number of benzene rings is 3. The Kier molecular flexibility index (Phi) is 7.01. The van der Waals surface area contributed by atoms with Gasteiger partial charge in [0.1, 0.15) is 13.2 Å². The van der Waals surface area contributed by atoms with Crippen molar-refractivity contribution in [2.24, 2.45) is 4.99 Å². The van der Waals surface area contributed by atoms with Crippen molar-refractivity contribution in [1.82, 2.24) is 0 Å². The molecule has 0 aliphatic rings. The van der Waals surface area contributed by atoms with Crippen LogP contribution in [0.4, 0.5) is 0 Å². The van der Waals surface area contributed by atoms with E-state index in [1.807, 2.05) is 78.9 Å². The number of aliphatic imine (C=N–C) groups is 1. The van der Waals surface area contributed by atoms with Crippen molar-refractivity contribution in [3.63, 3.8) is 0 Å². The minimum Gasteiger partial charge on any atom is -0.485 e. The van der Waals surface area contributed by atoms with Crippen LogP contribution in [0.1, 0.15) is 16.7 Å². The highest BCUT2D eigenvalue weighted by Gasteiger charge is 2.07. The van der Waals surface area contributed by atoms with Gasteiger partial charge < -0.3 is 14.6 Å². The van der Waals surface area contributed by atoms with Crippen LogP contribution in [0.15, 0.2) is 83.9 Å². The van der Waals surface area contributed by atoms with Crippen LogP contribution in [0.5, 0.6) is 11.5 Å². The lowest BCUT2D eigenvalue weighted by molar-refractivity contribution is 0.256. The molecule has 0 aromatic heterocycles. The van der Waals surface area contributed by atoms with E-state index >= 15 is 0 Å². The standard InChI is InChI=1S/C23H23NO3/c25-14-13-24-16-21-11-12-22(26-17-19-7-3-1-4-8-19)23(15-21)27-18-20-9-5-2-6-10-20/h1-12,15-16,25H,13-14,17-18H2/b24-16+. The van der Waals surface area contributed by atoms with Gasteiger partial charge in [0.25, 0.3) is 0 Å². The quantitative estimate of drug-likeness (QED) is 0.580. The first-order chi connectivity index (χ1) is 13.3. The van der Waals surface area contributed by atoms with Gasteiger partial charge in [0, 0.05) is 6.21 Å². The summed E-state index contributed by atoms with van der Waals surface area (Å²) in [5.41, 5.74) is 3.09. The Balaban J connectivity index is 1.75. The van der Waals surface area contributed by atoms with Crippen molar-refractivity contribution in [3.05, 3.63) is 95.6 Å². The summed E-state index contributed by atoms with van der Waals surface area (Å²) in [6.07, 6.45) is 1.73. The lowest BCUT2D eigenvalue weighted by Crippen LogP contribution is -2.01. The van der Waals surface area contributed by atoms with Gasteiger partial charge in [0.05, 0.1) is 13.2 Å². The Morgan fingerprint density at radius 3 is 1.93 bits per heavy atom. The smallest absolute Gasteiger partial charge is 0.162 e. The highest BCUT2D eigenvalue weighted by atomic mass is 16.5. The molecule has 4 nitrogen and oxygen atoms in total. The number of nitrogens with zero attached hydrogens (tertiary/aromatic N) is 1. The van der Waals surface area contributed by atoms with Gasteiger partial charge in [-0.3, -0.25) is 4.99 Å². The Hall–Kier alpha value is -3.11. The van der Waals surface area contributed by atoms with E-state index in [0.717, 1.165) is 16.7 Å². The van der Waals surface area contributed by atoms with E-state index < -0.39 is 0 Å². The van der Waals surface area contributed by atoms with Gasteiger partial charge in [0.2, 0.25) is 0 Å². The SMILES string of the molecule is OCC/N=C/c1ccc(OCc2ccccc2)c(OCc2ccccc2)c1. The van der Waals surface area contributed by atoms with Crippen molar-refractivity contribution in [1.29, 1.82) is 0 Å². The third-order valence-corrected chi connectivity index (χ3v) is 3.91. The van der Waals surface area contributed by atoms with Crippen LogP contribution >= 0.6 is 0 Å². The third-order valence-electron chi connectivity index (χ3n) is 3.91. The molecule has 3 aromatic rings. The molecule has 0 aliphatic heterocycles. The van der Waals surface area contributed by atoms with E-state index in [1.54, 1.807) is 6.21 Å². The summed E-state index contributed by atoms with van der Waals surface area (Å²) < 4.78 is 12.0. The molecule has 3 aromatic carbocycles. The monoisotopic (exact) mass is 361 g/mol. The van der Waals surface area contributed by atoms with E-state index in [0.29, 0.717) is 31.3 Å². The molecule has 138 valence electrons. The molecule has 0 bridgehead atoms. The zero-order chi connectivity index (χ0) is 18.7. The second-order valence-electron chi connectivity index (χ2n) is 6.01. The summed E-state index contributed by atoms with van der Waals surface area (Å²) in [5.74, 6) is 1.36. The van der Waals surface area contributed by atoms with Crippen LogP contribution in [0, 0.1) is 0 Å². The molecular formula is C23H23NO3. The third kappa shape index (κ3) is 5.97. The molecule has 0 spiro atoms. The van der Waals surface area contributed by atoms with E-state index in [9.17, 15) is 0 Å². The highest BCUT2D eigenvalue weighted by Crippen LogP contribution is 2.29. The summed E-state index contributed by atoms with van der Waals surface area (Å²) in [6.45, 7) is 1.35. The topological polar surface area (TPSA) is 51.1 Å². The zero-order valence-electron chi connectivity index (χ0n) is 15.1. The van der Waals surface area contributed by atoms with Crippen LogP contribution in [0.3, 0.4) is 0 Å². The Labute approximate surface area is 159 Å². The molecule has 0 aliphatic carbocycles. The predicted octanol–water partition coefficient (Wildman–Crippen LogP) is 4.26. The van der Waals surface area contributed by atoms with Gasteiger partial charge in [-0.15, -0.1) is 0 Å². The van der Waals surface area contributed by atoms with Crippen molar-refractivity contribution in [2.45, 2.75) is 13.2 Å². The second-order valence-corrected chi connectivity index (χ2v) is 6.01. The second kappa shape index (κ2) is 10.1. The Bertz CT molecular complexity index is 848. The minimum absolute atomic E-state index is 0.0339. The summed E-state index contributed by atoms with van der Waals surface area (Å²) in [6, 6.07) is 25.8. The molecular weight excluding hydrogens is 338 g/mol. The molecule has 0 radical (unpaired) electrons. The maximum atomic E-state index is 8.87. The first-order valence-electron chi connectivity index (χ1n) is 8.93. The van der Waals surface area contributed by atoms with E-state index in [2.05, 4.69) is 4.99 Å². The average molecular weight is 361 g/mol. The number of aliphatic hydroxyl groups excluding tert-OH is 1. The molecule has 0 amide bonds. The maximum absolute atomic E-state index is 8.87. The molecule has 1 N–H and O–H groups in total. The summed E-state index contributed by atoms with van der Waals surface area (Å²) in [4.78, 5) is 4.17. The first-order valence-corrected chi connectivity index (χ1v) is 8.93. The van der Waals surface area contributed by atoms with Gasteiger partial charge in [-0.1, -0.05) is 60.7 Å². The zero-order valence-corrected chi connectivity index (χ0v) is 15.1. The van der Waals surface area contributed by atoms with Gasteiger partial charge in [0.15, 0.2) is 11.5 Å². The molecule has 4 heteroatoms. The largest absolute Gasteiger partial charge is 0.485 e. The number of hydrogen-bond donors (Lipinski definition) is 1. The molecule has 0 heterocycles. The number of hydrogen-bond acceptors (Lipinski definition) is 4. The van der Waals surface area contributed by atoms with Crippen LogP contribution in [-0.4, -0.2) is 24.5 Å². The summed E-state index contributed by atoms with van der Waals surface area (Å²) >= 11 is 0. The number of ether oxygens (including phenoxy) is 2. The van der Waals surface area contributed by atoms with E-state index in [-0.39, 0.29) is 6.61 Å². The molecule has 3 rings (SSSR count). The van der Waals surface area contributed by atoms with Gasteiger partial charge in [-0.25, -0.2) is 0 Å². The van der Waals surface area contributed by atoms with E-state index in [4.69, 9.17) is 14.6 Å². The van der Waals surface area contributed by atoms with Crippen LogP contribution in [0.2, 0.25) is 0 Å². The lowest BCUT2D eigenvalue weighted by Gasteiger charge is -2.14. The molecule has 0 atom stereocenters. The fourth-order valence-corrected chi connectivity index (χ4v) is 2.54. The van der Waals surface area contributed by atoms with Gasteiger partial charge in [-0.2, -0.15) is 0 Å². The molecule has 27 heavy (non-hydrogen) atoms. The fraction of sp³-hybridized carbons (Fsp3) is 0.174. The lowest BCUT2D eigenvalue weighted by atomic mass is 10.2. The molecule has 0 unspecified atom stereocenters. The average Bonchev–Trinajstić information content (AvgIpc) is 2.73. The van der Waals surface area contributed by atoms with Crippen molar-refractivity contribution < 1.29 is 14.6 Å². The summed E-state index contributed by atoms with van der Waals surface area (Å²) in [7, 11) is 0. The number of aliphatic hydroxyl groups is 1. The summed E-state index contributed by atoms with van der Waals surface area (Å²) in [5, 5.41) is 8.87. The Morgan fingerprint density at radius 2 is 1.33 bits per heavy atom. The van der Waals surface area contributed by atoms with Crippen LogP contribution < -0.4 is 9.47 Å². The van der Waals surface area contributed by atoms with Crippen molar-refractivity contribution >= 4 is 6.21 Å². The van der Waals surface area contributed by atoms with Crippen molar-refractivity contribution in [3.8, 4) is 11.5 Å². The predicted molar refractivity (Wildman–Crippen MR) is 108 cm³/mol. The molecule has 0 fully saturated rings. The number of rotatable bonds is 9. The van der Waals surface area contributed by atoms with Gasteiger partial charge >= 0.3 is 0 Å². The molecule has 0 saturated carbocycles. The Morgan fingerprint density at radius 1 is 0.741 bits per heavy atom.